The Balaban J connectivity index is 1.28. The number of fused-ring (bicyclic) bond motifs is 5. The van der Waals surface area contributed by atoms with E-state index in [1.165, 1.54) is 38.2 Å². The van der Waals surface area contributed by atoms with Crippen LogP contribution in [0.25, 0.3) is 0 Å². The number of carbonyl (C=O) groups is 5. The van der Waals surface area contributed by atoms with Gasteiger partial charge in [0.1, 0.15) is 47.4 Å². The van der Waals surface area contributed by atoms with Gasteiger partial charge >= 0.3 is 24.0 Å². The van der Waals surface area contributed by atoms with Gasteiger partial charge in [-0.1, -0.05) is 74.5 Å². The molecule has 0 unspecified atom stereocenters. The van der Waals surface area contributed by atoms with Crippen LogP contribution in [0.2, 0.25) is 0 Å². The number of nitrogens with zero attached hydrogens (tertiary/aromatic N) is 1. The molecular formula is C52H61NO15. The van der Waals surface area contributed by atoms with Crippen LogP contribution in [-0.4, -0.2) is 119 Å². The average molecular weight is 940 g/mol. The lowest BCUT2D eigenvalue weighted by Gasteiger charge is -2.67. The van der Waals surface area contributed by atoms with Crippen molar-refractivity contribution in [3.05, 3.63) is 113 Å². The molecule has 3 aliphatic carbocycles. The number of rotatable bonds is 9. The highest BCUT2D eigenvalue weighted by atomic mass is 16.6. The summed E-state index contributed by atoms with van der Waals surface area (Å²) in [5.41, 5.74) is -6.83. The minimum Gasteiger partial charge on any atom is -0.497 e. The lowest BCUT2D eigenvalue weighted by atomic mass is 9.44. The van der Waals surface area contributed by atoms with E-state index in [-0.39, 0.29) is 29.7 Å². The molecular weight excluding hydrogens is 879 g/mol. The number of aliphatic hydroxyl groups excluding tert-OH is 1. The molecule has 16 heteroatoms. The quantitative estimate of drug-likeness (QED) is 0.136. The molecule has 8 rings (SSSR count). The summed E-state index contributed by atoms with van der Waals surface area (Å²) in [5, 5.41) is 26.5. The van der Waals surface area contributed by atoms with Crippen molar-refractivity contribution in [3.63, 3.8) is 0 Å². The number of aliphatic hydroxyl groups is 2. The van der Waals surface area contributed by atoms with E-state index in [2.05, 4.69) is 0 Å². The Bertz CT molecular complexity index is 2470. The number of ether oxygens (including phenoxy) is 8. The first-order valence-corrected chi connectivity index (χ1v) is 22.9. The van der Waals surface area contributed by atoms with Crippen LogP contribution in [0.5, 0.6) is 5.75 Å². The summed E-state index contributed by atoms with van der Waals surface area (Å²) in [6, 6.07) is 22.6. The fourth-order valence-corrected chi connectivity index (χ4v) is 11.6. The maximum Gasteiger partial charge on any atom is 0.413 e. The van der Waals surface area contributed by atoms with Crippen LogP contribution >= 0.6 is 0 Å². The lowest BCUT2D eigenvalue weighted by Crippen LogP contribution is -2.82. The molecule has 12 atom stereocenters. The van der Waals surface area contributed by atoms with Crippen molar-refractivity contribution < 1.29 is 72.1 Å². The molecule has 2 bridgehead atoms. The van der Waals surface area contributed by atoms with Crippen molar-refractivity contribution in [2.75, 3.05) is 20.8 Å². The van der Waals surface area contributed by atoms with Crippen LogP contribution in [0.3, 0.4) is 0 Å². The Morgan fingerprint density at radius 1 is 0.868 bits per heavy atom. The molecule has 0 radical (unpaired) electrons. The van der Waals surface area contributed by atoms with Crippen LogP contribution in [-0.2, 0) is 47.5 Å². The third kappa shape index (κ3) is 7.87. The zero-order valence-corrected chi connectivity index (χ0v) is 40.0. The van der Waals surface area contributed by atoms with Crippen LogP contribution in [0.1, 0.15) is 102 Å². The van der Waals surface area contributed by atoms with E-state index < -0.39 is 119 Å². The Labute approximate surface area is 395 Å². The first-order valence-electron chi connectivity index (χ1n) is 22.9. The molecule has 2 N–H and O–H groups in total. The summed E-state index contributed by atoms with van der Waals surface area (Å²) in [7, 11) is 2.93. The van der Waals surface area contributed by atoms with Gasteiger partial charge in [-0.2, -0.15) is 0 Å². The number of carbonyl (C=O) groups excluding carboxylic acids is 5. The number of methoxy groups -OCH3 is 2. The number of ketones is 1. The average Bonchev–Trinajstić information content (AvgIpc) is 3.70. The van der Waals surface area contributed by atoms with Gasteiger partial charge < -0.3 is 48.1 Å². The normalized spacial score (nSPS) is 34.0. The largest absolute Gasteiger partial charge is 0.497 e. The molecule has 2 heterocycles. The van der Waals surface area contributed by atoms with E-state index in [0.717, 1.165) is 0 Å². The molecule has 0 aromatic heterocycles. The summed E-state index contributed by atoms with van der Waals surface area (Å²) < 4.78 is 49.2. The van der Waals surface area contributed by atoms with Gasteiger partial charge in [0.2, 0.25) is 0 Å². The Hall–Kier alpha value is -5.65. The van der Waals surface area contributed by atoms with Crippen LogP contribution in [0.15, 0.2) is 96.1 Å². The van der Waals surface area contributed by atoms with Gasteiger partial charge in [-0.3, -0.25) is 14.5 Å². The molecule has 2 saturated heterocycles. The summed E-state index contributed by atoms with van der Waals surface area (Å²) in [5.74, 6) is -4.11. The molecule has 0 spiro atoms. The van der Waals surface area contributed by atoms with E-state index in [1.54, 1.807) is 121 Å². The first-order chi connectivity index (χ1) is 32.0. The lowest BCUT2D eigenvalue weighted by molar-refractivity contribution is -0.347. The van der Waals surface area contributed by atoms with E-state index >= 15 is 9.59 Å². The minimum atomic E-state index is -2.29. The van der Waals surface area contributed by atoms with Crippen LogP contribution in [0.4, 0.5) is 4.79 Å². The van der Waals surface area contributed by atoms with Gasteiger partial charge in [-0.05, 0) is 75.6 Å². The highest BCUT2D eigenvalue weighted by Crippen LogP contribution is 2.64. The Morgan fingerprint density at radius 2 is 1.50 bits per heavy atom. The molecule has 16 nitrogen and oxygen atoms in total. The highest BCUT2D eigenvalue weighted by Gasteiger charge is 2.78. The fraction of sp³-hybridized carbons (Fsp3) is 0.519. The SMILES string of the molecule is COc1ccc([C@H]2O[C@@H](C(=O)O[C@H]3C[C@@]4(O)[C@@H](OC(=O)c5ccccc5)[C@@H]5[C@]6(OC(C)=O)CO[C@@H]6C[C@H](OC)[C@@]5(C)C(=O)[C@@H](O)C(=C3C)C4(C)C)[C@H](c3ccccc3)N2C(=O)OC(C)(C)C)cc1. The van der Waals surface area contributed by atoms with Gasteiger partial charge in [0, 0.05) is 37.9 Å². The van der Waals surface area contributed by atoms with Gasteiger partial charge in [0.15, 0.2) is 23.7 Å². The summed E-state index contributed by atoms with van der Waals surface area (Å²) in [6.07, 6.45) is -10.7. The second-order valence-electron chi connectivity index (χ2n) is 20.2. The molecule has 364 valence electrons. The zero-order chi connectivity index (χ0) is 49.3. The fourth-order valence-electron chi connectivity index (χ4n) is 11.6. The van der Waals surface area contributed by atoms with Crippen molar-refractivity contribution in [2.45, 2.75) is 134 Å². The van der Waals surface area contributed by atoms with Crippen molar-refractivity contribution >= 4 is 29.8 Å². The van der Waals surface area contributed by atoms with Gasteiger partial charge in [0.05, 0.1) is 36.7 Å². The van der Waals surface area contributed by atoms with Gasteiger partial charge in [-0.25, -0.2) is 14.4 Å². The summed E-state index contributed by atoms with van der Waals surface area (Å²) >= 11 is 0. The van der Waals surface area contributed by atoms with E-state index in [1.807, 2.05) is 0 Å². The van der Waals surface area contributed by atoms with Crippen LogP contribution in [0, 0.1) is 16.7 Å². The predicted molar refractivity (Wildman–Crippen MR) is 242 cm³/mol. The third-order valence-electron chi connectivity index (χ3n) is 14.9. The number of benzene rings is 3. The minimum absolute atomic E-state index is 0.0382. The Kier molecular flexibility index (Phi) is 12.7. The Morgan fingerprint density at radius 3 is 2.06 bits per heavy atom. The summed E-state index contributed by atoms with van der Waals surface area (Å²) in [4.78, 5) is 73.9. The third-order valence-corrected chi connectivity index (χ3v) is 14.9. The molecule has 1 amide bonds. The maximum atomic E-state index is 15.5. The van der Waals surface area contributed by atoms with E-state index in [0.29, 0.717) is 16.9 Å². The number of hydrogen-bond donors (Lipinski definition) is 2. The molecule has 3 aromatic carbocycles. The monoisotopic (exact) mass is 939 g/mol. The second-order valence-corrected chi connectivity index (χ2v) is 20.2. The maximum absolute atomic E-state index is 15.5. The van der Waals surface area contributed by atoms with Crippen molar-refractivity contribution in [1.29, 1.82) is 0 Å². The van der Waals surface area contributed by atoms with E-state index in [9.17, 15) is 24.6 Å². The number of esters is 3. The molecule has 2 saturated carbocycles. The predicted octanol–water partition coefficient (Wildman–Crippen LogP) is 6.37. The molecule has 68 heavy (non-hydrogen) atoms. The van der Waals surface area contributed by atoms with Crippen molar-refractivity contribution in [3.8, 4) is 5.75 Å². The van der Waals surface area contributed by atoms with E-state index in [4.69, 9.17) is 37.9 Å². The highest BCUT2D eigenvalue weighted by molar-refractivity contribution is 5.94. The zero-order valence-electron chi connectivity index (χ0n) is 40.0. The number of hydrogen-bond acceptors (Lipinski definition) is 15. The first kappa shape index (κ1) is 48.8. The van der Waals surface area contributed by atoms with Gasteiger partial charge in [0.25, 0.3) is 0 Å². The molecule has 5 aliphatic rings. The molecule has 3 aromatic rings. The second kappa shape index (κ2) is 17.7. The summed E-state index contributed by atoms with van der Waals surface area (Å²) in [6.45, 7) is 12.6. The van der Waals surface area contributed by atoms with Crippen molar-refractivity contribution in [1.82, 2.24) is 4.90 Å². The molecule has 4 fully saturated rings. The smallest absolute Gasteiger partial charge is 0.413 e. The van der Waals surface area contributed by atoms with Crippen LogP contribution < -0.4 is 4.74 Å². The number of Topliss-reactive ketones (excluding diaryl/α,β-unsaturated/α-hetero) is 1. The molecule has 2 aliphatic heterocycles. The van der Waals surface area contributed by atoms with Gasteiger partial charge in [-0.15, -0.1) is 0 Å². The topological polar surface area (TPSA) is 203 Å². The number of amides is 1. The van der Waals surface area contributed by atoms with Crippen molar-refractivity contribution in [2.24, 2.45) is 16.7 Å². The standard InChI is InChI=1S/C52H61NO15/c1-28-34(64-46(58)40-38(30-17-13-11-14-18-30)53(47(59)68-48(3,4)5)44(65-40)31-21-23-33(61-9)24-22-31)26-52(60)43(66-45(57)32-19-15-12-16-20-32)41-50(8,42(56)39(55)37(28)49(52,6)7)35(62-10)25-36-51(41,27-63-36)67-29(2)54/h11-24,34-36,38-41,43-44,55,60H,25-27H2,1-10H3/t34-,35-,36+,38-,39-,40+,41-,43-,44+,50+,51-,52+/m0/s1.